The number of ketones is 1. The third-order valence-corrected chi connectivity index (χ3v) is 5.24. The van der Waals surface area contributed by atoms with Crippen molar-refractivity contribution in [3.8, 4) is 0 Å². The Morgan fingerprint density at radius 3 is 2.28 bits per heavy atom. The van der Waals surface area contributed by atoms with Crippen LogP contribution in [0.3, 0.4) is 0 Å². The van der Waals surface area contributed by atoms with Crippen molar-refractivity contribution in [1.29, 1.82) is 0 Å². The predicted molar refractivity (Wildman–Crippen MR) is 108 cm³/mol. The van der Waals surface area contributed by atoms with Crippen molar-refractivity contribution in [1.82, 2.24) is 19.4 Å². The summed E-state index contributed by atoms with van der Waals surface area (Å²) in [6, 6.07) is 14.6. The van der Waals surface area contributed by atoms with E-state index >= 15 is 0 Å². The standard InChI is InChI=1S/C22H22N4O3/c27-20(17-6-2-1-3-7-17)9-10-21(28)24-12-14-25(15-13-24)22(29)18-16-23-26-11-5-4-8-19(18)26/h1-8,11,16H,9-10,12-15H2. The van der Waals surface area contributed by atoms with Gasteiger partial charge in [0.05, 0.1) is 17.3 Å². The zero-order valence-electron chi connectivity index (χ0n) is 16.0. The fourth-order valence-electron chi connectivity index (χ4n) is 3.58. The van der Waals surface area contributed by atoms with E-state index in [0.29, 0.717) is 37.3 Å². The van der Waals surface area contributed by atoms with Crippen molar-refractivity contribution in [2.45, 2.75) is 12.8 Å². The number of carbonyl (C=O) groups excluding carboxylic acids is 3. The van der Waals surface area contributed by atoms with Crippen LogP contribution in [0, 0.1) is 0 Å². The number of Topliss-reactive ketones (excluding diaryl/α,β-unsaturated/α-hetero) is 1. The Morgan fingerprint density at radius 1 is 0.828 bits per heavy atom. The Morgan fingerprint density at radius 2 is 1.52 bits per heavy atom. The predicted octanol–water partition coefficient (Wildman–Crippen LogP) is 2.28. The lowest BCUT2D eigenvalue weighted by atomic mass is 10.1. The topological polar surface area (TPSA) is 75.0 Å². The van der Waals surface area contributed by atoms with E-state index in [1.54, 1.807) is 38.8 Å². The van der Waals surface area contributed by atoms with Gasteiger partial charge in [0, 0.05) is 50.8 Å². The number of hydrogen-bond acceptors (Lipinski definition) is 4. The zero-order valence-corrected chi connectivity index (χ0v) is 16.0. The molecule has 0 atom stereocenters. The second kappa shape index (κ2) is 8.26. The number of rotatable bonds is 5. The average Bonchev–Trinajstić information content (AvgIpc) is 3.21. The van der Waals surface area contributed by atoms with Gasteiger partial charge in [-0.05, 0) is 12.1 Å². The fraction of sp³-hybridized carbons (Fsp3) is 0.273. The first-order valence-corrected chi connectivity index (χ1v) is 9.71. The first-order chi connectivity index (χ1) is 14.1. The van der Waals surface area contributed by atoms with Gasteiger partial charge in [-0.1, -0.05) is 36.4 Å². The molecular weight excluding hydrogens is 368 g/mol. The minimum absolute atomic E-state index is 0.0270. The molecule has 4 rings (SSSR count). The lowest BCUT2D eigenvalue weighted by Crippen LogP contribution is -2.50. The molecule has 0 saturated carbocycles. The Kier molecular flexibility index (Phi) is 5.37. The van der Waals surface area contributed by atoms with Gasteiger partial charge in [0.25, 0.3) is 5.91 Å². The molecule has 148 valence electrons. The molecular formula is C22H22N4O3. The van der Waals surface area contributed by atoms with E-state index in [9.17, 15) is 14.4 Å². The summed E-state index contributed by atoms with van der Waals surface area (Å²) in [7, 11) is 0. The quantitative estimate of drug-likeness (QED) is 0.627. The maximum atomic E-state index is 12.8. The first kappa shape index (κ1) is 18.9. The average molecular weight is 390 g/mol. The summed E-state index contributed by atoms with van der Waals surface area (Å²) < 4.78 is 1.68. The van der Waals surface area contributed by atoms with Gasteiger partial charge in [-0.3, -0.25) is 14.4 Å². The highest BCUT2D eigenvalue weighted by atomic mass is 16.2. The van der Waals surface area contributed by atoms with Gasteiger partial charge in [-0.15, -0.1) is 0 Å². The van der Waals surface area contributed by atoms with E-state index in [0.717, 1.165) is 5.52 Å². The van der Waals surface area contributed by atoms with Crippen molar-refractivity contribution in [3.63, 3.8) is 0 Å². The molecule has 0 unspecified atom stereocenters. The third kappa shape index (κ3) is 4.03. The highest BCUT2D eigenvalue weighted by Gasteiger charge is 2.26. The van der Waals surface area contributed by atoms with Crippen LogP contribution in [0.5, 0.6) is 0 Å². The molecule has 1 saturated heterocycles. The van der Waals surface area contributed by atoms with Crippen LogP contribution in [0.1, 0.15) is 33.6 Å². The maximum absolute atomic E-state index is 12.8. The molecule has 0 N–H and O–H groups in total. The number of pyridine rings is 1. The summed E-state index contributed by atoms with van der Waals surface area (Å²) in [5.41, 5.74) is 1.97. The van der Waals surface area contributed by atoms with Gasteiger partial charge in [0.2, 0.25) is 5.91 Å². The molecule has 1 aliphatic rings. The second-order valence-electron chi connectivity index (χ2n) is 7.05. The largest absolute Gasteiger partial charge is 0.339 e. The number of fused-ring (bicyclic) bond motifs is 1. The minimum Gasteiger partial charge on any atom is -0.339 e. The van der Waals surface area contributed by atoms with E-state index in [2.05, 4.69) is 5.10 Å². The molecule has 2 amide bonds. The van der Waals surface area contributed by atoms with Crippen LogP contribution in [-0.2, 0) is 4.79 Å². The number of hydrogen-bond donors (Lipinski definition) is 0. The summed E-state index contributed by atoms with van der Waals surface area (Å²) in [5.74, 6) is -0.143. The van der Waals surface area contributed by atoms with Crippen LogP contribution in [0.2, 0.25) is 0 Å². The summed E-state index contributed by atoms with van der Waals surface area (Å²) in [4.78, 5) is 41.0. The van der Waals surface area contributed by atoms with Crippen LogP contribution in [-0.4, -0.2) is 63.2 Å². The molecule has 0 spiro atoms. The summed E-state index contributed by atoms with van der Waals surface area (Å²) >= 11 is 0. The van der Waals surface area contributed by atoms with Gasteiger partial charge in [0.1, 0.15) is 0 Å². The van der Waals surface area contributed by atoms with E-state index in [1.165, 1.54) is 0 Å². The Hall–Kier alpha value is -3.48. The zero-order chi connectivity index (χ0) is 20.2. The molecule has 3 aromatic rings. The van der Waals surface area contributed by atoms with Crippen LogP contribution < -0.4 is 0 Å². The number of amides is 2. The second-order valence-corrected chi connectivity index (χ2v) is 7.05. The minimum atomic E-state index is -0.0717. The van der Waals surface area contributed by atoms with Crippen molar-refractivity contribution in [2.75, 3.05) is 26.2 Å². The molecule has 1 fully saturated rings. The van der Waals surface area contributed by atoms with Crippen molar-refractivity contribution >= 4 is 23.1 Å². The van der Waals surface area contributed by atoms with Gasteiger partial charge in [-0.25, -0.2) is 4.52 Å². The van der Waals surface area contributed by atoms with Gasteiger partial charge in [0.15, 0.2) is 5.78 Å². The Balaban J connectivity index is 1.30. The highest BCUT2D eigenvalue weighted by Crippen LogP contribution is 2.15. The maximum Gasteiger partial charge on any atom is 0.257 e. The summed E-state index contributed by atoms with van der Waals surface area (Å²) in [6.45, 7) is 1.90. The van der Waals surface area contributed by atoms with Crippen LogP contribution >= 0.6 is 0 Å². The van der Waals surface area contributed by atoms with Crippen molar-refractivity contribution in [3.05, 3.63) is 72.1 Å². The van der Waals surface area contributed by atoms with Crippen molar-refractivity contribution in [2.24, 2.45) is 0 Å². The van der Waals surface area contributed by atoms with Gasteiger partial charge < -0.3 is 9.80 Å². The smallest absolute Gasteiger partial charge is 0.257 e. The molecule has 7 heteroatoms. The van der Waals surface area contributed by atoms with E-state index in [4.69, 9.17) is 0 Å². The lowest BCUT2D eigenvalue weighted by molar-refractivity contribution is -0.132. The molecule has 3 heterocycles. The molecule has 0 aliphatic carbocycles. The molecule has 7 nitrogen and oxygen atoms in total. The number of piperazine rings is 1. The van der Waals surface area contributed by atoms with E-state index < -0.39 is 0 Å². The van der Waals surface area contributed by atoms with E-state index in [-0.39, 0.29) is 30.4 Å². The van der Waals surface area contributed by atoms with Crippen LogP contribution in [0.25, 0.3) is 5.52 Å². The lowest BCUT2D eigenvalue weighted by Gasteiger charge is -2.34. The number of carbonyl (C=O) groups is 3. The van der Waals surface area contributed by atoms with E-state index in [1.807, 2.05) is 36.4 Å². The number of aromatic nitrogens is 2. The van der Waals surface area contributed by atoms with Crippen LogP contribution in [0.15, 0.2) is 60.9 Å². The molecule has 1 aliphatic heterocycles. The molecule has 1 aromatic carbocycles. The summed E-state index contributed by atoms with van der Waals surface area (Å²) in [5, 5.41) is 4.22. The molecule has 29 heavy (non-hydrogen) atoms. The Labute approximate surface area is 168 Å². The molecule has 0 bridgehead atoms. The van der Waals surface area contributed by atoms with Gasteiger partial charge >= 0.3 is 0 Å². The summed E-state index contributed by atoms with van der Waals surface area (Å²) in [6.07, 6.45) is 3.78. The monoisotopic (exact) mass is 390 g/mol. The number of benzene rings is 1. The normalized spacial score (nSPS) is 14.2. The molecule has 0 radical (unpaired) electrons. The Bertz CT molecular complexity index is 1040. The molecule has 2 aromatic heterocycles. The third-order valence-electron chi connectivity index (χ3n) is 5.24. The first-order valence-electron chi connectivity index (χ1n) is 9.71. The van der Waals surface area contributed by atoms with Crippen LogP contribution in [0.4, 0.5) is 0 Å². The SMILES string of the molecule is O=C(CCC(=O)N1CCN(C(=O)c2cnn3ccccc23)CC1)c1ccccc1. The fourth-order valence-corrected chi connectivity index (χ4v) is 3.58. The highest BCUT2D eigenvalue weighted by molar-refractivity contribution is 6.01. The van der Waals surface area contributed by atoms with Crippen molar-refractivity contribution < 1.29 is 14.4 Å². The van der Waals surface area contributed by atoms with Gasteiger partial charge in [-0.2, -0.15) is 5.10 Å². The number of nitrogens with zero attached hydrogens (tertiary/aromatic N) is 4.